The Kier molecular flexibility index (Phi) is 4.45. The summed E-state index contributed by atoms with van der Waals surface area (Å²) in [4.78, 5) is 10.5. The van der Waals surface area contributed by atoms with Gasteiger partial charge >= 0.3 is 0 Å². The Hall–Kier alpha value is -2.24. The number of benzene rings is 1. The lowest BCUT2D eigenvalue weighted by atomic mass is 10.2. The number of anilines is 2. The average Bonchev–Trinajstić information content (AvgIpc) is 2.83. The number of alkyl halides is 1. The minimum atomic E-state index is -0.917. The zero-order chi connectivity index (χ0) is 14.5. The van der Waals surface area contributed by atoms with E-state index in [1.165, 1.54) is 0 Å². The number of aldehydes is 1. The maximum Gasteiger partial charge on any atom is 0.155 e. The number of halogens is 3. The fraction of sp³-hybridized carbons (Fsp3) is 0.214. The van der Waals surface area contributed by atoms with Crippen LogP contribution in [0.15, 0.2) is 30.6 Å². The number of aryl methyl sites for hydroxylation is 1. The highest BCUT2D eigenvalue weighted by Gasteiger charge is 2.10. The number of nitrogens with zero attached hydrogens (tertiary/aromatic N) is 1. The largest absolute Gasteiger partial charge is 0.354 e. The first-order valence-corrected chi connectivity index (χ1v) is 6.07. The molecule has 0 fully saturated rings. The molecule has 3 nitrogen and oxygen atoms in total. The lowest BCUT2D eigenvalue weighted by Gasteiger charge is -2.06. The van der Waals surface area contributed by atoms with Gasteiger partial charge < -0.3 is 9.88 Å². The van der Waals surface area contributed by atoms with Crippen molar-refractivity contribution in [1.29, 1.82) is 0 Å². The van der Waals surface area contributed by atoms with Gasteiger partial charge in [0.05, 0.1) is 17.9 Å². The van der Waals surface area contributed by atoms with E-state index >= 15 is 0 Å². The molecule has 0 saturated carbocycles. The second-order valence-corrected chi connectivity index (χ2v) is 4.28. The van der Waals surface area contributed by atoms with Gasteiger partial charge in [-0.05, 0) is 24.6 Å². The smallest absolute Gasteiger partial charge is 0.155 e. The topological polar surface area (TPSA) is 34.0 Å². The highest BCUT2D eigenvalue weighted by molar-refractivity contribution is 5.77. The van der Waals surface area contributed by atoms with Gasteiger partial charge in [0.25, 0.3) is 0 Å². The van der Waals surface area contributed by atoms with Crippen LogP contribution in [0.25, 0.3) is 0 Å². The van der Waals surface area contributed by atoms with Crippen LogP contribution < -0.4 is 5.32 Å². The van der Waals surface area contributed by atoms with E-state index in [9.17, 15) is 18.0 Å². The fourth-order valence-electron chi connectivity index (χ4n) is 1.83. The molecule has 2 rings (SSSR count). The van der Waals surface area contributed by atoms with Crippen LogP contribution in [0.3, 0.4) is 0 Å². The molecule has 0 amide bonds. The first-order valence-electron chi connectivity index (χ1n) is 6.07. The molecule has 106 valence electrons. The molecule has 0 aliphatic carbocycles. The predicted octanol–water partition coefficient (Wildman–Crippen LogP) is 3.68. The number of rotatable bonds is 6. The van der Waals surface area contributed by atoms with Gasteiger partial charge in [0, 0.05) is 24.6 Å². The number of carbonyl (C=O) groups excluding carboxylic acids is 1. The number of aromatic nitrogens is 1. The second kappa shape index (κ2) is 6.27. The van der Waals surface area contributed by atoms with Crippen LogP contribution >= 0.6 is 0 Å². The number of nitrogens with one attached hydrogen (secondary N) is 1. The van der Waals surface area contributed by atoms with Gasteiger partial charge in [-0.25, -0.2) is 8.78 Å². The van der Waals surface area contributed by atoms with Crippen LogP contribution in [-0.2, 0) is 6.54 Å². The van der Waals surface area contributed by atoms with Gasteiger partial charge in [-0.1, -0.05) is 0 Å². The molecule has 0 radical (unpaired) electrons. The molecule has 1 N–H and O–H groups in total. The normalized spacial score (nSPS) is 10.6. The Morgan fingerprint density at radius 1 is 1.20 bits per heavy atom. The Balaban J connectivity index is 2.13. The molecule has 1 aromatic carbocycles. The molecule has 0 aliphatic heterocycles. The molecule has 2 aromatic rings. The van der Waals surface area contributed by atoms with E-state index in [2.05, 4.69) is 5.32 Å². The lowest BCUT2D eigenvalue weighted by Crippen LogP contribution is -1.98. The number of hydrogen-bond donors (Lipinski definition) is 1. The van der Waals surface area contributed by atoms with E-state index in [-0.39, 0.29) is 12.0 Å². The molecule has 0 bridgehead atoms. The summed E-state index contributed by atoms with van der Waals surface area (Å²) in [5.41, 5.74) is 0.242. The third kappa shape index (κ3) is 3.20. The molecule has 1 aromatic heterocycles. The van der Waals surface area contributed by atoms with Crippen molar-refractivity contribution in [3.8, 4) is 0 Å². The zero-order valence-electron chi connectivity index (χ0n) is 10.6. The third-order valence-electron chi connectivity index (χ3n) is 2.79. The van der Waals surface area contributed by atoms with Crippen molar-refractivity contribution >= 4 is 17.7 Å². The number of carbonyl (C=O) groups is 1. The summed E-state index contributed by atoms with van der Waals surface area (Å²) in [5.74, 6) is -1.83. The van der Waals surface area contributed by atoms with E-state index < -0.39 is 23.9 Å². The quantitative estimate of drug-likeness (QED) is 0.820. The van der Waals surface area contributed by atoms with Crippen LogP contribution in [-0.4, -0.2) is 17.5 Å². The SMILES string of the molecule is O=Cc1c(F)cc(Nc2ccn(CCCF)c2)cc1F. The number of hydrogen-bond acceptors (Lipinski definition) is 2. The summed E-state index contributed by atoms with van der Waals surface area (Å²) >= 11 is 0. The van der Waals surface area contributed by atoms with Gasteiger partial charge in [-0.3, -0.25) is 9.18 Å². The minimum absolute atomic E-state index is 0.141. The first kappa shape index (κ1) is 14.2. The van der Waals surface area contributed by atoms with Crippen LogP contribution in [0, 0.1) is 11.6 Å². The van der Waals surface area contributed by atoms with Gasteiger partial charge in [0.15, 0.2) is 6.29 Å². The Morgan fingerprint density at radius 2 is 1.90 bits per heavy atom. The van der Waals surface area contributed by atoms with Gasteiger partial charge in [-0.2, -0.15) is 0 Å². The van der Waals surface area contributed by atoms with Crippen LogP contribution in [0.5, 0.6) is 0 Å². The Labute approximate surface area is 114 Å². The lowest BCUT2D eigenvalue weighted by molar-refractivity contribution is 0.111. The van der Waals surface area contributed by atoms with Crippen molar-refractivity contribution in [2.75, 3.05) is 12.0 Å². The van der Waals surface area contributed by atoms with E-state index in [1.807, 2.05) is 0 Å². The van der Waals surface area contributed by atoms with Crippen molar-refractivity contribution in [1.82, 2.24) is 4.57 Å². The van der Waals surface area contributed by atoms with Gasteiger partial charge in [0.2, 0.25) is 0 Å². The van der Waals surface area contributed by atoms with E-state index in [0.717, 1.165) is 12.1 Å². The summed E-state index contributed by atoms with van der Waals surface area (Å²) in [6.07, 6.45) is 4.00. The fourth-order valence-corrected chi connectivity index (χ4v) is 1.83. The molecule has 20 heavy (non-hydrogen) atoms. The summed E-state index contributed by atoms with van der Waals surface area (Å²) in [6, 6.07) is 3.80. The highest BCUT2D eigenvalue weighted by atomic mass is 19.1. The van der Waals surface area contributed by atoms with E-state index in [4.69, 9.17) is 0 Å². The van der Waals surface area contributed by atoms with Crippen LogP contribution in [0.2, 0.25) is 0 Å². The van der Waals surface area contributed by atoms with E-state index in [1.54, 1.807) is 23.0 Å². The standard InChI is InChI=1S/C14H13F3N2O/c15-3-1-4-19-5-2-10(8-19)18-11-6-13(16)12(9-20)14(17)7-11/h2,5-9,18H,1,3-4H2. The van der Waals surface area contributed by atoms with Crippen molar-refractivity contribution in [2.45, 2.75) is 13.0 Å². The van der Waals surface area contributed by atoms with Gasteiger partial charge in [-0.15, -0.1) is 0 Å². The molecule has 0 saturated heterocycles. The molecule has 6 heteroatoms. The predicted molar refractivity (Wildman–Crippen MR) is 70.1 cm³/mol. The maximum atomic E-state index is 13.4. The van der Waals surface area contributed by atoms with E-state index in [0.29, 0.717) is 18.7 Å². The second-order valence-electron chi connectivity index (χ2n) is 4.28. The maximum absolute atomic E-state index is 13.4. The van der Waals surface area contributed by atoms with Crippen LogP contribution in [0.4, 0.5) is 24.5 Å². The first-order chi connectivity index (χ1) is 9.63. The molecule has 0 unspecified atom stereocenters. The Bertz CT molecular complexity index is 587. The molecular formula is C14H13F3N2O. The summed E-state index contributed by atoms with van der Waals surface area (Å²) in [5, 5.41) is 2.82. The van der Waals surface area contributed by atoms with Crippen molar-refractivity contribution in [3.63, 3.8) is 0 Å². The molecule has 0 aliphatic rings. The summed E-state index contributed by atoms with van der Waals surface area (Å²) in [6.45, 7) is 0.134. The third-order valence-corrected chi connectivity index (χ3v) is 2.79. The summed E-state index contributed by atoms with van der Waals surface area (Å²) in [7, 11) is 0. The van der Waals surface area contributed by atoms with Crippen molar-refractivity contribution < 1.29 is 18.0 Å². The Morgan fingerprint density at radius 3 is 2.50 bits per heavy atom. The van der Waals surface area contributed by atoms with Crippen LogP contribution in [0.1, 0.15) is 16.8 Å². The molecule has 0 spiro atoms. The van der Waals surface area contributed by atoms with Crippen molar-refractivity contribution in [2.24, 2.45) is 0 Å². The van der Waals surface area contributed by atoms with Gasteiger partial charge in [0.1, 0.15) is 11.6 Å². The highest BCUT2D eigenvalue weighted by Crippen LogP contribution is 2.21. The monoisotopic (exact) mass is 282 g/mol. The molecule has 1 heterocycles. The molecule has 0 atom stereocenters. The zero-order valence-corrected chi connectivity index (χ0v) is 10.6. The van der Waals surface area contributed by atoms with Crippen molar-refractivity contribution in [3.05, 3.63) is 47.8 Å². The molecular weight excluding hydrogens is 269 g/mol. The minimum Gasteiger partial charge on any atom is -0.354 e. The average molecular weight is 282 g/mol. The summed E-state index contributed by atoms with van der Waals surface area (Å²) < 4.78 is 40.7.